The SMILES string of the molecule is CC(C)C(C#N)(CCCNC1CCN(c2cccc(Br)n2)C1)c1cccs1. The zero-order valence-electron chi connectivity index (χ0n) is 16.0. The summed E-state index contributed by atoms with van der Waals surface area (Å²) in [5.41, 5.74) is -0.363. The van der Waals surface area contributed by atoms with E-state index in [9.17, 15) is 5.26 Å². The lowest BCUT2D eigenvalue weighted by Crippen LogP contribution is -2.35. The smallest absolute Gasteiger partial charge is 0.129 e. The number of aromatic nitrogens is 1. The molecule has 2 atom stereocenters. The molecule has 0 amide bonds. The molecule has 1 N–H and O–H groups in total. The molecule has 3 heterocycles. The minimum Gasteiger partial charge on any atom is -0.355 e. The van der Waals surface area contributed by atoms with Crippen LogP contribution in [-0.2, 0) is 5.41 Å². The number of thiophene rings is 1. The molecule has 1 saturated heterocycles. The number of rotatable bonds is 8. The molecule has 0 radical (unpaired) electrons. The van der Waals surface area contributed by atoms with Crippen molar-refractivity contribution in [1.29, 1.82) is 5.26 Å². The molecule has 27 heavy (non-hydrogen) atoms. The average molecular weight is 447 g/mol. The average Bonchev–Trinajstić information content (AvgIpc) is 3.34. The van der Waals surface area contributed by atoms with Crippen molar-refractivity contribution < 1.29 is 0 Å². The van der Waals surface area contributed by atoms with E-state index in [0.717, 1.165) is 49.3 Å². The third-order valence-electron chi connectivity index (χ3n) is 5.54. The van der Waals surface area contributed by atoms with Crippen molar-refractivity contribution in [2.24, 2.45) is 5.92 Å². The van der Waals surface area contributed by atoms with Crippen LogP contribution in [0.25, 0.3) is 0 Å². The molecule has 0 spiro atoms. The zero-order chi connectivity index (χ0) is 19.3. The second-order valence-electron chi connectivity index (χ2n) is 7.52. The fourth-order valence-corrected chi connectivity index (χ4v) is 5.24. The van der Waals surface area contributed by atoms with Gasteiger partial charge in [0.05, 0.1) is 11.5 Å². The molecule has 144 valence electrons. The molecule has 2 unspecified atom stereocenters. The number of pyridine rings is 1. The van der Waals surface area contributed by atoms with Crippen LogP contribution in [0.1, 0.15) is 38.0 Å². The normalized spacial score (nSPS) is 19.2. The maximum absolute atomic E-state index is 9.93. The number of anilines is 1. The van der Waals surface area contributed by atoms with Gasteiger partial charge < -0.3 is 10.2 Å². The summed E-state index contributed by atoms with van der Waals surface area (Å²) in [4.78, 5) is 8.09. The zero-order valence-corrected chi connectivity index (χ0v) is 18.4. The van der Waals surface area contributed by atoms with E-state index in [-0.39, 0.29) is 5.41 Å². The molecule has 3 rings (SSSR count). The van der Waals surface area contributed by atoms with Gasteiger partial charge in [0.15, 0.2) is 0 Å². The lowest BCUT2D eigenvalue weighted by molar-refractivity contribution is 0.359. The van der Waals surface area contributed by atoms with Crippen LogP contribution in [-0.4, -0.2) is 30.7 Å². The van der Waals surface area contributed by atoms with Gasteiger partial charge in [-0.15, -0.1) is 11.3 Å². The van der Waals surface area contributed by atoms with E-state index in [4.69, 9.17) is 0 Å². The lowest BCUT2D eigenvalue weighted by atomic mass is 9.74. The van der Waals surface area contributed by atoms with E-state index < -0.39 is 0 Å². The van der Waals surface area contributed by atoms with E-state index in [2.05, 4.69) is 74.6 Å². The fraction of sp³-hybridized carbons (Fsp3) is 0.524. The molecule has 2 aromatic heterocycles. The standard InChI is InChI=1S/C21H27BrN4S/c1-16(2)21(15-23,18-6-4-13-27-18)10-5-11-24-17-9-12-26(14-17)20-8-3-7-19(22)25-20/h3-4,6-8,13,16-17,24H,5,9-12,14H2,1-2H3. The Hall–Kier alpha value is -1.42. The number of nitriles is 1. The van der Waals surface area contributed by atoms with Crippen molar-refractivity contribution >= 4 is 33.1 Å². The predicted octanol–water partition coefficient (Wildman–Crippen LogP) is 4.97. The number of nitrogens with zero attached hydrogens (tertiary/aromatic N) is 3. The van der Waals surface area contributed by atoms with Gasteiger partial charge >= 0.3 is 0 Å². The monoisotopic (exact) mass is 446 g/mol. The van der Waals surface area contributed by atoms with Crippen molar-refractivity contribution in [2.45, 2.75) is 44.6 Å². The first kappa shape index (κ1) is 20.3. The Morgan fingerprint density at radius 1 is 1.41 bits per heavy atom. The van der Waals surface area contributed by atoms with Gasteiger partial charge in [0.2, 0.25) is 0 Å². The van der Waals surface area contributed by atoms with Crippen LogP contribution >= 0.6 is 27.3 Å². The topological polar surface area (TPSA) is 52.0 Å². The van der Waals surface area contributed by atoms with E-state index in [1.165, 1.54) is 4.88 Å². The first-order valence-corrected chi connectivity index (χ1v) is 11.3. The molecule has 0 aromatic carbocycles. The highest BCUT2D eigenvalue weighted by molar-refractivity contribution is 9.10. The summed E-state index contributed by atoms with van der Waals surface area (Å²) in [5, 5.41) is 15.7. The number of hydrogen-bond acceptors (Lipinski definition) is 5. The van der Waals surface area contributed by atoms with Crippen LogP contribution in [0.15, 0.2) is 40.3 Å². The minimum atomic E-state index is -0.363. The van der Waals surface area contributed by atoms with Gasteiger partial charge in [-0.25, -0.2) is 4.98 Å². The maximum atomic E-state index is 9.93. The summed E-state index contributed by atoms with van der Waals surface area (Å²) in [6, 6.07) is 13.4. The molecule has 4 nitrogen and oxygen atoms in total. The highest BCUT2D eigenvalue weighted by Crippen LogP contribution is 2.38. The first-order valence-electron chi connectivity index (χ1n) is 9.61. The molecule has 1 fully saturated rings. The Kier molecular flexibility index (Phi) is 6.91. The Labute approximate surface area is 174 Å². The third kappa shape index (κ3) is 4.71. The van der Waals surface area contributed by atoms with Gasteiger partial charge in [-0.05, 0) is 71.2 Å². The first-order chi connectivity index (χ1) is 13.0. The third-order valence-corrected chi connectivity index (χ3v) is 7.03. The maximum Gasteiger partial charge on any atom is 0.129 e. The predicted molar refractivity (Wildman–Crippen MR) is 116 cm³/mol. The summed E-state index contributed by atoms with van der Waals surface area (Å²) in [5.74, 6) is 1.35. The van der Waals surface area contributed by atoms with E-state index >= 15 is 0 Å². The summed E-state index contributed by atoms with van der Waals surface area (Å²) in [6.07, 6.45) is 3.04. The van der Waals surface area contributed by atoms with E-state index in [1.54, 1.807) is 11.3 Å². The molecule has 1 aliphatic heterocycles. The Morgan fingerprint density at radius 3 is 2.93 bits per heavy atom. The van der Waals surface area contributed by atoms with Crippen molar-refractivity contribution in [3.8, 4) is 6.07 Å². The highest BCUT2D eigenvalue weighted by atomic mass is 79.9. The van der Waals surface area contributed by atoms with Gasteiger partial charge in [-0.3, -0.25) is 0 Å². The van der Waals surface area contributed by atoms with Crippen LogP contribution in [0.3, 0.4) is 0 Å². The largest absolute Gasteiger partial charge is 0.355 e. The molecule has 0 bridgehead atoms. The number of halogens is 1. The second kappa shape index (κ2) is 9.18. The molecular weight excluding hydrogens is 420 g/mol. The van der Waals surface area contributed by atoms with Crippen LogP contribution < -0.4 is 10.2 Å². The van der Waals surface area contributed by atoms with Crippen LogP contribution in [0.4, 0.5) is 5.82 Å². The molecule has 6 heteroatoms. The summed E-state index contributed by atoms with van der Waals surface area (Å²) in [6.45, 7) is 7.30. The van der Waals surface area contributed by atoms with Crippen molar-refractivity contribution in [2.75, 3.05) is 24.5 Å². The van der Waals surface area contributed by atoms with Crippen molar-refractivity contribution in [3.63, 3.8) is 0 Å². The van der Waals surface area contributed by atoms with Gasteiger partial charge in [-0.1, -0.05) is 26.0 Å². The van der Waals surface area contributed by atoms with Crippen LogP contribution in [0, 0.1) is 17.2 Å². The minimum absolute atomic E-state index is 0.311. The van der Waals surface area contributed by atoms with Gasteiger partial charge in [0, 0.05) is 24.0 Å². The van der Waals surface area contributed by atoms with Crippen molar-refractivity contribution in [3.05, 3.63) is 45.2 Å². The summed E-state index contributed by atoms with van der Waals surface area (Å²) in [7, 11) is 0. The van der Waals surface area contributed by atoms with Crippen LogP contribution in [0.2, 0.25) is 0 Å². The quantitative estimate of drug-likeness (QED) is 0.459. The van der Waals surface area contributed by atoms with Crippen LogP contribution in [0.5, 0.6) is 0 Å². The van der Waals surface area contributed by atoms with Gasteiger partial charge in [-0.2, -0.15) is 5.26 Å². The summed E-state index contributed by atoms with van der Waals surface area (Å²) >= 11 is 5.15. The highest BCUT2D eigenvalue weighted by Gasteiger charge is 2.36. The van der Waals surface area contributed by atoms with Crippen molar-refractivity contribution in [1.82, 2.24) is 10.3 Å². The van der Waals surface area contributed by atoms with Gasteiger partial charge in [0.1, 0.15) is 10.4 Å². The number of nitrogens with one attached hydrogen (secondary N) is 1. The Balaban J connectivity index is 1.49. The van der Waals surface area contributed by atoms with E-state index in [1.807, 2.05) is 12.1 Å². The molecule has 1 aliphatic rings. The molecule has 0 aliphatic carbocycles. The Morgan fingerprint density at radius 2 is 2.26 bits per heavy atom. The fourth-order valence-electron chi connectivity index (χ4n) is 3.85. The Bertz CT molecular complexity index is 771. The number of hydrogen-bond donors (Lipinski definition) is 1. The van der Waals surface area contributed by atoms with Gasteiger partial charge in [0.25, 0.3) is 0 Å². The lowest BCUT2D eigenvalue weighted by Gasteiger charge is -2.30. The molecule has 0 saturated carbocycles. The summed E-state index contributed by atoms with van der Waals surface area (Å²) < 4.78 is 0.881. The molecule has 2 aromatic rings. The second-order valence-corrected chi connectivity index (χ2v) is 9.28. The molecular formula is C21H27BrN4S. The van der Waals surface area contributed by atoms with E-state index in [0.29, 0.717) is 12.0 Å².